The summed E-state index contributed by atoms with van der Waals surface area (Å²) in [5, 5.41) is 10.3. The molecule has 0 unspecified atom stereocenters. The molecule has 0 radical (unpaired) electrons. The normalized spacial score (nSPS) is 11.4. The van der Waals surface area contributed by atoms with Gasteiger partial charge in [0.1, 0.15) is 5.15 Å². The van der Waals surface area contributed by atoms with E-state index in [0.29, 0.717) is 5.15 Å². The molecule has 0 fully saturated rings. The number of rotatable bonds is 4. The van der Waals surface area contributed by atoms with Gasteiger partial charge in [0.05, 0.1) is 0 Å². The van der Waals surface area contributed by atoms with Crippen molar-refractivity contribution >= 4 is 34.5 Å². The van der Waals surface area contributed by atoms with Crippen molar-refractivity contribution in [3.05, 3.63) is 41.1 Å². The molecule has 0 bridgehead atoms. The van der Waals surface area contributed by atoms with Gasteiger partial charge in [-0.05, 0) is 18.6 Å². The second-order valence-corrected chi connectivity index (χ2v) is 4.40. The smallest absolute Gasteiger partial charge is 0.328 e. The van der Waals surface area contributed by atoms with Gasteiger partial charge in [-0.2, -0.15) is 0 Å². The topological polar surface area (TPSA) is 42.2 Å². The van der Waals surface area contributed by atoms with Crippen molar-refractivity contribution in [3.8, 4) is 0 Å². The zero-order valence-corrected chi connectivity index (χ0v) is 10.8. The third-order valence-electron chi connectivity index (χ3n) is 2.78. The van der Waals surface area contributed by atoms with Crippen LogP contribution in [0.4, 0.5) is 0 Å². The number of aromatic nitrogens is 1. The maximum Gasteiger partial charge on any atom is 0.328 e. The highest BCUT2D eigenvalue weighted by atomic mass is 35.5. The first-order valence-electron chi connectivity index (χ1n) is 5.83. The zero-order valence-electron chi connectivity index (χ0n) is 10.1. The minimum Gasteiger partial charge on any atom is -0.478 e. The number of aryl methyl sites for hydroxylation is 1. The molecule has 0 aliphatic rings. The van der Waals surface area contributed by atoms with Gasteiger partial charge < -0.3 is 9.67 Å². The number of carbonyl (C=O) groups is 1. The fourth-order valence-electron chi connectivity index (χ4n) is 2.05. The fraction of sp³-hybridized carbons (Fsp3) is 0.214. The van der Waals surface area contributed by atoms with Crippen LogP contribution < -0.4 is 0 Å². The van der Waals surface area contributed by atoms with Crippen LogP contribution in [0.5, 0.6) is 0 Å². The Morgan fingerprint density at radius 3 is 2.83 bits per heavy atom. The Morgan fingerprint density at radius 2 is 2.17 bits per heavy atom. The quantitative estimate of drug-likeness (QED) is 0.853. The van der Waals surface area contributed by atoms with Gasteiger partial charge in [0, 0.05) is 29.1 Å². The second-order valence-electron chi connectivity index (χ2n) is 4.04. The van der Waals surface area contributed by atoms with Gasteiger partial charge >= 0.3 is 5.97 Å². The Labute approximate surface area is 110 Å². The summed E-state index contributed by atoms with van der Waals surface area (Å²) >= 11 is 6.33. The third kappa shape index (κ3) is 2.27. The average Bonchev–Trinajstić information content (AvgIpc) is 2.61. The number of hydrogen-bond donors (Lipinski definition) is 1. The average molecular weight is 264 g/mol. The number of carboxylic acid groups (broad SMARTS) is 1. The summed E-state index contributed by atoms with van der Waals surface area (Å²) in [6, 6.07) is 7.83. The molecule has 0 atom stereocenters. The number of nitrogens with zero attached hydrogens (tertiary/aromatic N) is 1. The van der Waals surface area contributed by atoms with E-state index in [1.54, 1.807) is 6.08 Å². The Kier molecular flexibility index (Phi) is 3.72. The zero-order chi connectivity index (χ0) is 13.1. The minimum absolute atomic E-state index is 0.593. The molecule has 0 saturated heterocycles. The highest BCUT2D eigenvalue weighted by Crippen LogP contribution is 2.31. The Hall–Kier alpha value is -1.74. The third-order valence-corrected chi connectivity index (χ3v) is 3.19. The molecule has 1 aromatic heterocycles. The number of benzene rings is 1. The molecule has 0 aliphatic heterocycles. The van der Waals surface area contributed by atoms with Crippen molar-refractivity contribution in [2.45, 2.75) is 19.9 Å². The summed E-state index contributed by atoms with van der Waals surface area (Å²) in [6.45, 7) is 2.90. The summed E-state index contributed by atoms with van der Waals surface area (Å²) < 4.78 is 2.01. The molecule has 1 N–H and O–H groups in total. The van der Waals surface area contributed by atoms with E-state index in [2.05, 4.69) is 6.92 Å². The summed E-state index contributed by atoms with van der Waals surface area (Å²) in [6.07, 6.45) is 3.64. The van der Waals surface area contributed by atoms with Crippen LogP contribution >= 0.6 is 11.6 Å². The second kappa shape index (κ2) is 5.27. The molecule has 94 valence electrons. The number of hydrogen-bond acceptors (Lipinski definition) is 1. The first-order chi connectivity index (χ1) is 8.65. The van der Waals surface area contributed by atoms with E-state index in [9.17, 15) is 4.79 Å². The van der Waals surface area contributed by atoms with E-state index in [1.807, 2.05) is 28.8 Å². The molecule has 2 aromatic rings. The lowest BCUT2D eigenvalue weighted by Gasteiger charge is -2.03. The van der Waals surface area contributed by atoms with Crippen molar-refractivity contribution in [1.82, 2.24) is 4.57 Å². The van der Waals surface area contributed by atoms with Crippen molar-refractivity contribution in [3.63, 3.8) is 0 Å². The molecule has 0 aliphatic carbocycles. The number of carboxylic acids is 1. The molecular weight excluding hydrogens is 250 g/mol. The maximum absolute atomic E-state index is 10.6. The Morgan fingerprint density at radius 1 is 1.44 bits per heavy atom. The number of para-hydroxylation sites is 1. The molecule has 3 nitrogen and oxygen atoms in total. The van der Waals surface area contributed by atoms with Crippen molar-refractivity contribution in [2.75, 3.05) is 0 Å². The van der Waals surface area contributed by atoms with E-state index in [1.165, 1.54) is 0 Å². The standard InChI is InChI=1S/C14H14ClNO2/c1-2-9-16-12-6-4-3-5-10(12)11(14(16)15)7-8-13(17)18/h3-8H,2,9H2,1H3,(H,17,18)/b8-7+. The van der Waals surface area contributed by atoms with Crippen molar-refractivity contribution < 1.29 is 9.90 Å². The van der Waals surface area contributed by atoms with Crippen LogP contribution in [0.15, 0.2) is 30.3 Å². The molecule has 2 rings (SSSR count). The van der Waals surface area contributed by atoms with Crippen LogP contribution in [0, 0.1) is 0 Å². The maximum atomic E-state index is 10.6. The molecule has 0 spiro atoms. The lowest BCUT2D eigenvalue weighted by molar-refractivity contribution is -0.131. The lowest BCUT2D eigenvalue weighted by atomic mass is 10.1. The highest BCUT2D eigenvalue weighted by Gasteiger charge is 2.12. The van der Waals surface area contributed by atoms with Crippen LogP contribution in [-0.4, -0.2) is 15.6 Å². The molecule has 1 aromatic carbocycles. The van der Waals surface area contributed by atoms with Gasteiger partial charge in [0.2, 0.25) is 0 Å². The van der Waals surface area contributed by atoms with Crippen LogP contribution in [-0.2, 0) is 11.3 Å². The minimum atomic E-state index is -0.974. The van der Waals surface area contributed by atoms with Crippen molar-refractivity contribution in [2.24, 2.45) is 0 Å². The van der Waals surface area contributed by atoms with Crippen molar-refractivity contribution in [1.29, 1.82) is 0 Å². The first kappa shape index (κ1) is 12.7. The van der Waals surface area contributed by atoms with Gasteiger partial charge in [-0.3, -0.25) is 0 Å². The monoisotopic (exact) mass is 263 g/mol. The molecule has 1 heterocycles. The van der Waals surface area contributed by atoms with E-state index < -0.39 is 5.97 Å². The van der Waals surface area contributed by atoms with E-state index in [0.717, 1.165) is 35.5 Å². The lowest BCUT2D eigenvalue weighted by Crippen LogP contribution is -1.95. The summed E-state index contributed by atoms with van der Waals surface area (Å²) in [5.74, 6) is -0.974. The van der Waals surface area contributed by atoms with E-state index >= 15 is 0 Å². The Balaban J connectivity index is 2.65. The first-order valence-corrected chi connectivity index (χ1v) is 6.20. The number of fused-ring (bicyclic) bond motifs is 1. The summed E-state index contributed by atoms with van der Waals surface area (Å²) in [7, 11) is 0. The molecular formula is C14H14ClNO2. The summed E-state index contributed by atoms with van der Waals surface area (Å²) in [4.78, 5) is 10.6. The van der Waals surface area contributed by atoms with Gasteiger partial charge in [0.15, 0.2) is 0 Å². The van der Waals surface area contributed by atoms with Gasteiger partial charge in [0.25, 0.3) is 0 Å². The molecule has 0 amide bonds. The molecule has 4 heteroatoms. The molecule has 0 saturated carbocycles. The van der Waals surface area contributed by atoms with Crippen LogP contribution in [0.25, 0.3) is 17.0 Å². The summed E-state index contributed by atoms with van der Waals surface area (Å²) in [5.41, 5.74) is 1.80. The van der Waals surface area contributed by atoms with Crippen LogP contribution in [0.2, 0.25) is 5.15 Å². The fourth-order valence-corrected chi connectivity index (χ4v) is 2.39. The van der Waals surface area contributed by atoms with Crippen LogP contribution in [0.1, 0.15) is 18.9 Å². The Bertz CT molecular complexity index is 614. The largest absolute Gasteiger partial charge is 0.478 e. The number of aliphatic carboxylic acids is 1. The van der Waals surface area contributed by atoms with Crippen LogP contribution in [0.3, 0.4) is 0 Å². The predicted octanol–water partition coefficient (Wildman–Crippen LogP) is 3.80. The highest BCUT2D eigenvalue weighted by molar-refractivity contribution is 6.33. The van der Waals surface area contributed by atoms with Gasteiger partial charge in [-0.15, -0.1) is 0 Å². The predicted molar refractivity (Wildman–Crippen MR) is 73.9 cm³/mol. The SMILES string of the molecule is CCCn1c(Cl)c(/C=C/C(=O)O)c2ccccc21. The van der Waals surface area contributed by atoms with Gasteiger partial charge in [-0.25, -0.2) is 4.79 Å². The van der Waals surface area contributed by atoms with E-state index in [-0.39, 0.29) is 0 Å². The molecule has 18 heavy (non-hydrogen) atoms. The van der Waals surface area contributed by atoms with E-state index in [4.69, 9.17) is 16.7 Å². The van der Waals surface area contributed by atoms with Gasteiger partial charge in [-0.1, -0.05) is 36.7 Å². The number of halogens is 1.